The third-order valence-electron chi connectivity index (χ3n) is 3.81. The normalized spacial score (nSPS) is 21.6. The molecule has 0 aliphatic carbocycles. The monoisotopic (exact) mass is 300 g/mol. The number of hydrogen-bond donors (Lipinski definition) is 1. The number of carbonyl (C=O) groups excluding carboxylic acids is 1. The van der Waals surface area contributed by atoms with Crippen molar-refractivity contribution in [3.63, 3.8) is 0 Å². The zero-order chi connectivity index (χ0) is 15.7. The summed E-state index contributed by atoms with van der Waals surface area (Å²) in [5.74, 6) is -3.62. The number of nitrogens with zero attached hydrogens (tertiary/aromatic N) is 2. The van der Waals surface area contributed by atoms with Crippen LogP contribution in [0.2, 0.25) is 0 Å². The minimum atomic E-state index is -1.48. The van der Waals surface area contributed by atoms with E-state index in [4.69, 9.17) is 0 Å². The van der Waals surface area contributed by atoms with E-state index in [1.807, 2.05) is 6.92 Å². The topological polar surface area (TPSA) is 83.7 Å². The maximum atomic E-state index is 14.0. The summed E-state index contributed by atoms with van der Waals surface area (Å²) in [6.07, 6.45) is 0.592. The van der Waals surface area contributed by atoms with E-state index in [9.17, 15) is 28.8 Å². The van der Waals surface area contributed by atoms with Crippen molar-refractivity contribution in [2.24, 2.45) is 5.92 Å². The lowest BCUT2D eigenvalue weighted by molar-refractivity contribution is -0.387. The fraction of sp³-hybridized carbons (Fsp3) is 0.462. The first-order chi connectivity index (χ1) is 9.88. The van der Waals surface area contributed by atoms with Crippen molar-refractivity contribution in [2.75, 3.05) is 13.2 Å². The molecule has 0 saturated carbocycles. The molecule has 1 aliphatic heterocycles. The lowest BCUT2D eigenvalue weighted by atomic mass is 10.0. The molecule has 0 spiro atoms. The number of nitro benzene ring substituents is 1. The fourth-order valence-electron chi connectivity index (χ4n) is 2.56. The Balaban J connectivity index is 2.44. The first-order valence-electron chi connectivity index (χ1n) is 6.42. The zero-order valence-corrected chi connectivity index (χ0v) is 11.3. The number of hydrogen-bond acceptors (Lipinski definition) is 4. The summed E-state index contributed by atoms with van der Waals surface area (Å²) >= 11 is 0. The van der Waals surface area contributed by atoms with Crippen molar-refractivity contribution < 1.29 is 23.6 Å². The van der Waals surface area contributed by atoms with E-state index in [1.54, 1.807) is 0 Å². The number of benzene rings is 1. The van der Waals surface area contributed by atoms with E-state index in [2.05, 4.69) is 0 Å². The van der Waals surface area contributed by atoms with Gasteiger partial charge in [-0.15, -0.1) is 0 Å². The molecular weight excluding hydrogens is 286 g/mol. The summed E-state index contributed by atoms with van der Waals surface area (Å²) in [6, 6.07) is 0.829. The lowest BCUT2D eigenvalue weighted by Gasteiger charge is -2.25. The third kappa shape index (κ3) is 2.58. The largest absolute Gasteiger partial charge is 0.394 e. The highest BCUT2D eigenvalue weighted by molar-refractivity contribution is 5.96. The first-order valence-corrected chi connectivity index (χ1v) is 6.42. The number of rotatable bonds is 3. The summed E-state index contributed by atoms with van der Waals surface area (Å²) in [5, 5.41) is 20.0. The molecule has 0 aromatic heterocycles. The predicted molar refractivity (Wildman–Crippen MR) is 68.7 cm³/mol. The number of halogens is 2. The van der Waals surface area contributed by atoms with Crippen molar-refractivity contribution in [1.82, 2.24) is 4.90 Å². The van der Waals surface area contributed by atoms with Crippen molar-refractivity contribution in [1.29, 1.82) is 0 Å². The number of carbonyl (C=O) groups is 1. The van der Waals surface area contributed by atoms with Crippen LogP contribution in [0.25, 0.3) is 0 Å². The van der Waals surface area contributed by atoms with Gasteiger partial charge in [0, 0.05) is 12.6 Å². The molecule has 8 heteroatoms. The molecular formula is C13H14F2N2O4. The smallest absolute Gasteiger partial charge is 0.305 e. The lowest BCUT2D eigenvalue weighted by Crippen LogP contribution is -2.40. The van der Waals surface area contributed by atoms with Gasteiger partial charge in [0.15, 0.2) is 0 Å². The maximum absolute atomic E-state index is 14.0. The Morgan fingerprint density at radius 1 is 1.52 bits per heavy atom. The van der Waals surface area contributed by atoms with Gasteiger partial charge in [0.05, 0.1) is 17.6 Å². The molecule has 0 radical (unpaired) electrons. The zero-order valence-electron chi connectivity index (χ0n) is 11.3. The highest BCUT2D eigenvalue weighted by Crippen LogP contribution is 2.29. The van der Waals surface area contributed by atoms with Crippen LogP contribution >= 0.6 is 0 Å². The standard InChI is InChI=1S/C13H14F2N2O4/c1-7-4-5-16(10(7)6-18)13(19)11-8(14)2-3-9(12(11)15)17(20)21/h2-3,7,10,18H,4-6H2,1H3. The second kappa shape index (κ2) is 5.72. The number of amides is 1. The van der Waals surface area contributed by atoms with E-state index in [1.165, 1.54) is 0 Å². The van der Waals surface area contributed by atoms with Crippen molar-refractivity contribution in [2.45, 2.75) is 19.4 Å². The van der Waals surface area contributed by atoms with Crippen LogP contribution in [0.5, 0.6) is 0 Å². The van der Waals surface area contributed by atoms with Crippen molar-refractivity contribution in [3.8, 4) is 0 Å². The Labute approximate surface area is 119 Å². The van der Waals surface area contributed by atoms with Gasteiger partial charge in [0.25, 0.3) is 5.91 Å². The van der Waals surface area contributed by atoms with Gasteiger partial charge < -0.3 is 10.0 Å². The first kappa shape index (κ1) is 15.3. The molecule has 2 rings (SSSR count). The van der Waals surface area contributed by atoms with Crippen LogP contribution in [-0.4, -0.2) is 40.0 Å². The molecule has 2 unspecified atom stereocenters. The van der Waals surface area contributed by atoms with E-state index >= 15 is 0 Å². The molecule has 1 aromatic rings. The summed E-state index contributed by atoms with van der Waals surface area (Å²) in [4.78, 5) is 23.1. The maximum Gasteiger partial charge on any atom is 0.305 e. The summed E-state index contributed by atoms with van der Waals surface area (Å²) < 4.78 is 27.8. The average Bonchev–Trinajstić information content (AvgIpc) is 2.79. The third-order valence-corrected chi connectivity index (χ3v) is 3.81. The SMILES string of the molecule is CC1CCN(C(=O)c2c(F)ccc([N+](=O)[O-])c2F)C1CO. The Bertz CT molecular complexity index is 594. The van der Waals surface area contributed by atoms with Gasteiger partial charge in [-0.25, -0.2) is 4.39 Å². The molecule has 1 N–H and O–H groups in total. The van der Waals surface area contributed by atoms with Gasteiger partial charge in [-0.3, -0.25) is 14.9 Å². The van der Waals surface area contributed by atoms with Crippen LogP contribution < -0.4 is 0 Å². The number of likely N-dealkylation sites (tertiary alicyclic amines) is 1. The van der Waals surface area contributed by atoms with E-state index in [-0.39, 0.29) is 19.1 Å². The molecule has 1 heterocycles. The second-order valence-corrected chi connectivity index (χ2v) is 5.03. The minimum absolute atomic E-state index is 0.0104. The molecule has 1 aromatic carbocycles. The van der Waals surface area contributed by atoms with Gasteiger partial charge in [-0.1, -0.05) is 6.92 Å². The van der Waals surface area contributed by atoms with E-state index in [0.29, 0.717) is 18.6 Å². The van der Waals surface area contributed by atoms with Crippen molar-refractivity contribution in [3.05, 3.63) is 39.4 Å². The van der Waals surface area contributed by atoms with Crippen LogP contribution in [0.15, 0.2) is 12.1 Å². The quantitative estimate of drug-likeness (QED) is 0.680. The number of aliphatic hydroxyl groups excluding tert-OH is 1. The number of aliphatic hydroxyl groups is 1. The molecule has 1 fully saturated rings. The fourth-order valence-corrected chi connectivity index (χ4v) is 2.56. The molecule has 114 valence electrons. The summed E-state index contributed by atoms with van der Waals surface area (Å²) in [6.45, 7) is 1.73. The Morgan fingerprint density at radius 3 is 2.76 bits per heavy atom. The van der Waals surface area contributed by atoms with Gasteiger partial charge in [0.1, 0.15) is 11.4 Å². The molecule has 1 amide bonds. The van der Waals surface area contributed by atoms with Gasteiger partial charge in [0.2, 0.25) is 5.82 Å². The minimum Gasteiger partial charge on any atom is -0.394 e. The number of nitro groups is 1. The van der Waals surface area contributed by atoms with Crippen LogP contribution in [0.4, 0.5) is 14.5 Å². The summed E-state index contributed by atoms with van der Waals surface area (Å²) in [7, 11) is 0. The van der Waals surface area contributed by atoms with Crippen LogP contribution in [0.3, 0.4) is 0 Å². The van der Waals surface area contributed by atoms with E-state index < -0.39 is 39.8 Å². The van der Waals surface area contributed by atoms with E-state index in [0.717, 1.165) is 4.90 Å². The Morgan fingerprint density at radius 2 is 2.19 bits per heavy atom. The van der Waals surface area contributed by atoms with Gasteiger partial charge in [-0.05, 0) is 18.4 Å². The van der Waals surface area contributed by atoms with Crippen LogP contribution in [0, 0.1) is 27.7 Å². The van der Waals surface area contributed by atoms with Gasteiger partial charge >= 0.3 is 5.69 Å². The molecule has 21 heavy (non-hydrogen) atoms. The highest BCUT2D eigenvalue weighted by Gasteiger charge is 2.37. The Kier molecular flexibility index (Phi) is 4.17. The predicted octanol–water partition coefficient (Wildman–Crippen LogP) is 1.72. The van der Waals surface area contributed by atoms with Crippen LogP contribution in [-0.2, 0) is 0 Å². The average molecular weight is 300 g/mol. The summed E-state index contributed by atoms with van der Waals surface area (Å²) in [5.41, 5.74) is -1.90. The molecule has 2 atom stereocenters. The van der Waals surface area contributed by atoms with Crippen molar-refractivity contribution >= 4 is 11.6 Å². The molecule has 1 saturated heterocycles. The Hall–Kier alpha value is -2.09. The highest BCUT2D eigenvalue weighted by atomic mass is 19.1. The van der Waals surface area contributed by atoms with Gasteiger partial charge in [-0.2, -0.15) is 4.39 Å². The molecule has 0 bridgehead atoms. The van der Waals surface area contributed by atoms with Crippen LogP contribution in [0.1, 0.15) is 23.7 Å². The molecule has 1 aliphatic rings. The molecule has 6 nitrogen and oxygen atoms in total. The second-order valence-electron chi connectivity index (χ2n) is 5.03.